The lowest BCUT2D eigenvalue weighted by Gasteiger charge is -2.42. The summed E-state index contributed by atoms with van der Waals surface area (Å²) in [5.74, 6) is 2.78. The van der Waals surface area contributed by atoms with Crippen LogP contribution < -0.4 is 5.73 Å². The molecule has 1 saturated heterocycles. The van der Waals surface area contributed by atoms with E-state index >= 15 is 0 Å². The minimum absolute atomic E-state index is 0.0686. The van der Waals surface area contributed by atoms with Gasteiger partial charge in [0.05, 0.1) is 0 Å². The molecule has 0 aromatic heterocycles. The first-order valence-electron chi connectivity index (χ1n) is 13.4. The molecule has 0 bridgehead atoms. The van der Waals surface area contributed by atoms with Crippen LogP contribution in [0.1, 0.15) is 83.5 Å². The summed E-state index contributed by atoms with van der Waals surface area (Å²) in [5, 5.41) is 19.2. The number of halogens is 1. The molecule has 1 amide bonds. The first-order chi connectivity index (χ1) is 15.4. The van der Waals surface area contributed by atoms with E-state index in [1.807, 2.05) is 0 Å². The summed E-state index contributed by atoms with van der Waals surface area (Å²) >= 11 is 0. The third-order valence-corrected chi connectivity index (χ3v) is 9.55. The second-order valence-corrected chi connectivity index (χ2v) is 11.6. The third-order valence-electron chi connectivity index (χ3n) is 9.55. The highest BCUT2D eigenvalue weighted by Gasteiger charge is 2.41. The number of amides is 1. The van der Waals surface area contributed by atoms with Crippen molar-refractivity contribution in [2.45, 2.75) is 95.5 Å². The standard InChI is InChI=1S/C25H44BFN2O3/c27-24-14-22(13-23(15-24)26(31)32)20-5-2-6-21(12-20)25(30)29-9-7-18(8-10-29)19-4-1-3-17(11-19)16-28/h17-24,31-32H,1-16,28H2. The Kier molecular flexibility index (Phi) is 8.55. The number of hydrogen-bond acceptors (Lipinski definition) is 4. The van der Waals surface area contributed by atoms with Crippen molar-refractivity contribution in [3.63, 3.8) is 0 Å². The summed E-state index contributed by atoms with van der Waals surface area (Å²) in [4.78, 5) is 15.5. The SMILES string of the molecule is NCC1CCCC(C2CCN(C(=O)C3CCCC(C4CC(F)CC(B(O)O)C4)C3)CC2)C1. The van der Waals surface area contributed by atoms with Gasteiger partial charge in [0.2, 0.25) is 5.91 Å². The van der Waals surface area contributed by atoms with Crippen molar-refractivity contribution in [1.82, 2.24) is 4.90 Å². The lowest BCUT2D eigenvalue weighted by Crippen LogP contribution is -2.45. The van der Waals surface area contributed by atoms with Crippen LogP contribution in [0.5, 0.6) is 0 Å². The molecule has 3 saturated carbocycles. The van der Waals surface area contributed by atoms with Gasteiger partial charge in [-0.2, -0.15) is 0 Å². The first kappa shape index (κ1) is 24.5. The second-order valence-electron chi connectivity index (χ2n) is 11.6. The number of nitrogens with zero attached hydrogens (tertiary/aromatic N) is 1. The van der Waals surface area contributed by atoms with Crippen molar-refractivity contribution in [3.8, 4) is 0 Å². The van der Waals surface area contributed by atoms with Gasteiger partial charge in [-0.3, -0.25) is 4.79 Å². The minimum atomic E-state index is -1.43. The van der Waals surface area contributed by atoms with Gasteiger partial charge < -0.3 is 20.7 Å². The zero-order valence-corrected chi connectivity index (χ0v) is 19.7. The summed E-state index contributed by atoms with van der Waals surface area (Å²) in [5.41, 5.74) is 5.94. The van der Waals surface area contributed by atoms with Crippen molar-refractivity contribution in [2.24, 2.45) is 41.2 Å². The average molecular weight is 450 g/mol. The lowest BCUT2D eigenvalue weighted by atomic mass is 9.58. The number of piperidine rings is 1. The molecule has 182 valence electrons. The zero-order chi connectivity index (χ0) is 22.7. The Balaban J connectivity index is 1.27. The molecule has 4 aliphatic rings. The maximum Gasteiger partial charge on any atom is 0.454 e. The van der Waals surface area contributed by atoms with Gasteiger partial charge in [-0.25, -0.2) is 4.39 Å². The van der Waals surface area contributed by atoms with Crippen molar-refractivity contribution in [1.29, 1.82) is 0 Å². The molecule has 0 aromatic rings. The van der Waals surface area contributed by atoms with Crippen molar-refractivity contribution < 1.29 is 19.2 Å². The van der Waals surface area contributed by atoms with Crippen LogP contribution in [0.4, 0.5) is 4.39 Å². The predicted octanol–water partition coefficient (Wildman–Crippen LogP) is 3.78. The number of hydrogen-bond donors (Lipinski definition) is 3. The molecule has 4 N–H and O–H groups in total. The van der Waals surface area contributed by atoms with E-state index in [1.54, 1.807) is 0 Å². The van der Waals surface area contributed by atoms with Gasteiger partial charge in [0, 0.05) is 19.0 Å². The predicted molar refractivity (Wildman–Crippen MR) is 125 cm³/mol. The number of nitrogens with two attached hydrogens (primary N) is 1. The summed E-state index contributed by atoms with van der Waals surface area (Å²) in [7, 11) is -1.43. The molecule has 5 nitrogen and oxygen atoms in total. The van der Waals surface area contributed by atoms with Gasteiger partial charge in [-0.15, -0.1) is 0 Å². The van der Waals surface area contributed by atoms with Gasteiger partial charge in [0.25, 0.3) is 0 Å². The summed E-state index contributed by atoms with van der Waals surface area (Å²) in [6.07, 6.45) is 11.9. The molecule has 32 heavy (non-hydrogen) atoms. The Morgan fingerprint density at radius 3 is 2.22 bits per heavy atom. The van der Waals surface area contributed by atoms with Crippen LogP contribution in [0.25, 0.3) is 0 Å². The van der Waals surface area contributed by atoms with E-state index in [-0.39, 0.29) is 24.1 Å². The highest BCUT2D eigenvalue weighted by Crippen LogP contribution is 2.45. The van der Waals surface area contributed by atoms with E-state index < -0.39 is 13.3 Å². The van der Waals surface area contributed by atoms with Crippen molar-refractivity contribution >= 4 is 13.0 Å². The molecular formula is C25H44BFN2O3. The Morgan fingerprint density at radius 1 is 0.844 bits per heavy atom. The van der Waals surface area contributed by atoms with E-state index in [2.05, 4.69) is 4.90 Å². The molecule has 7 atom stereocenters. The normalized spacial score (nSPS) is 39.6. The van der Waals surface area contributed by atoms with E-state index in [4.69, 9.17) is 5.73 Å². The largest absolute Gasteiger partial charge is 0.454 e. The maximum absolute atomic E-state index is 14.3. The molecule has 7 unspecified atom stereocenters. The van der Waals surface area contributed by atoms with Crippen LogP contribution in [0.2, 0.25) is 5.82 Å². The topological polar surface area (TPSA) is 86.8 Å². The highest BCUT2D eigenvalue weighted by atomic mass is 19.1. The number of carbonyl (C=O) groups excluding carboxylic acids is 1. The number of alkyl halides is 1. The van der Waals surface area contributed by atoms with E-state index in [1.165, 1.54) is 25.7 Å². The van der Waals surface area contributed by atoms with Crippen LogP contribution in [0.15, 0.2) is 0 Å². The van der Waals surface area contributed by atoms with Gasteiger partial charge in [-0.1, -0.05) is 25.7 Å². The van der Waals surface area contributed by atoms with Crippen LogP contribution in [0, 0.1) is 35.5 Å². The van der Waals surface area contributed by atoms with Gasteiger partial charge in [0.1, 0.15) is 6.17 Å². The zero-order valence-electron chi connectivity index (χ0n) is 19.7. The molecule has 1 heterocycles. The van der Waals surface area contributed by atoms with Gasteiger partial charge in [0.15, 0.2) is 0 Å². The second kappa shape index (κ2) is 11.2. The molecule has 1 aliphatic heterocycles. The highest BCUT2D eigenvalue weighted by molar-refractivity contribution is 6.43. The number of likely N-dealkylation sites (tertiary alicyclic amines) is 1. The third kappa shape index (κ3) is 5.88. The fraction of sp³-hybridized carbons (Fsp3) is 0.960. The molecule has 0 aromatic carbocycles. The van der Waals surface area contributed by atoms with Crippen LogP contribution in [-0.2, 0) is 4.79 Å². The van der Waals surface area contributed by atoms with Crippen LogP contribution in [0.3, 0.4) is 0 Å². The fourth-order valence-corrected chi connectivity index (χ4v) is 7.67. The maximum atomic E-state index is 14.3. The number of carbonyl (C=O) groups is 1. The Morgan fingerprint density at radius 2 is 1.53 bits per heavy atom. The minimum Gasteiger partial charge on any atom is -0.427 e. The monoisotopic (exact) mass is 450 g/mol. The Bertz CT molecular complexity index is 616. The molecule has 0 radical (unpaired) electrons. The smallest absolute Gasteiger partial charge is 0.427 e. The average Bonchev–Trinajstić information content (AvgIpc) is 2.83. The summed E-state index contributed by atoms with van der Waals surface area (Å²) < 4.78 is 14.3. The fourth-order valence-electron chi connectivity index (χ4n) is 7.67. The van der Waals surface area contributed by atoms with E-state index in [0.717, 1.165) is 70.0 Å². The molecule has 4 rings (SSSR count). The molecule has 4 fully saturated rings. The Labute approximate surface area is 193 Å². The van der Waals surface area contributed by atoms with Crippen molar-refractivity contribution in [2.75, 3.05) is 19.6 Å². The lowest BCUT2D eigenvalue weighted by molar-refractivity contribution is -0.139. The van der Waals surface area contributed by atoms with Crippen LogP contribution in [-0.4, -0.2) is 53.8 Å². The van der Waals surface area contributed by atoms with Gasteiger partial charge in [-0.05, 0) is 99.7 Å². The van der Waals surface area contributed by atoms with Crippen LogP contribution >= 0.6 is 0 Å². The Hall–Kier alpha value is -0.655. The quantitative estimate of drug-likeness (QED) is 0.557. The molecule has 3 aliphatic carbocycles. The first-order valence-corrected chi connectivity index (χ1v) is 13.4. The molecular weight excluding hydrogens is 406 g/mol. The summed E-state index contributed by atoms with van der Waals surface area (Å²) in [6, 6.07) is 0. The molecule has 0 spiro atoms. The molecule has 7 heteroatoms. The number of rotatable bonds is 5. The van der Waals surface area contributed by atoms with Crippen molar-refractivity contribution in [3.05, 3.63) is 0 Å². The summed E-state index contributed by atoms with van der Waals surface area (Å²) in [6.45, 7) is 2.60. The van der Waals surface area contributed by atoms with E-state index in [9.17, 15) is 19.2 Å². The van der Waals surface area contributed by atoms with E-state index in [0.29, 0.717) is 30.6 Å². The van der Waals surface area contributed by atoms with Gasteiger partial charge >= 0.3 is 7.12 Å².